The first-order valence-corrected chi connectivity index (χ1v) is 8.67. The van der Waals surface area contributed by atoms with Crippen LogP contribution in [-0.2, 0) is 0 Å². The summed E-state index contributed by atoms with van der Waals surface area (Å²) in [6.45, 7) is 13.5. The van der Waals surface area contributed by atoms with Crippen LogP contribution in [0.4, 0.5) is 5.69 Å². The highest BCUT2D eigenvalue weighted by molar-refractivity contribution is 5.49. The molecule has 0 atom stereocenters. The third-order valence-corrected chi connectivity index (χ3v) is 3.02. The van der Waals surface area contributed by atoms with Crippen molar-refractivity contribution in [1.29, 1.82) is 0 Å². The Morgan fingerprint density at radius 1 is 0.909 bits per heavy atom. The Bertz CT molecular complexity index is 422. The lowest BCUT2D eigenvalue weighted by atomic mass is 10.2. The largest absolute Gasteiger partial charge is 0.371 e. The van der Waals surface area contributed by atoms with E-state index in [-0.39, 0.29) is 10.9 Å². The van der Waals surface area contributed by atoms with Gasteiger partial charge in [-0.25, -0.2) is 0 Å². The number of hydrogen-bond acceptors (Lipinski definition) is 4. The van der Waals surface area contributed by atoms with Gasteiger partial charge in [0.2, 0.25) is 10.9 Å². The highest BCUT2D eigenvalue weighted by Gasteiger charge is 2.12. The van der Waals surface area contributed by atoms with Crippen LogP contribution in [0.25, 0.3) is 0 Å². The lowest BCUT2D eigenvalue weighted by molar-refractivity contribution is 0.327. The third kappa shape index (κ3) is 9.72. The maximum absolute atomic E-state index is 11.2. The van der Waals surface area contributed by atoms with Gasteiger partial charge in [-0.15, -0.1) is 0 Å². The highest BCUT2D eigenvalue weighted by atomic mass is 16.2. The molecule has 1 rings (SSSR count). The van der Waals surface area contributed by atoms with Gasteiger partial charge in [0.15, 0.2) is 0 Å². The average molecular weight is 312 g/mol. The van der Waals surface area contributed by atoms with E-state index in [1.165, 1.54) is 18.9 Å². The Kier molecular flexibility index (Phi) is 15.5. The molecular formula is C18H36N2O2. The molecule has 0 unspecified atom stereocenters. The first-order valence-electron chi connectivity index (χ1n) is 8.67. The minimum absolute atomic E-state index is 0.337. The van der Waals surface area contributed by atoms with E-state index in [0.29, 0.717) is 5.69 Å². The number of unbranched alkanes of at least 4 members (excludes halogenated alkanes) is 1. The molecule has 0 N–H and O–H groups in total. The summed E-state index contributed by atoms with van der Waals surface area (Å²) in [6.07, 6.45) is 4.60. The van der Waals surface area contributed by atoms with Crippen LogP contribution in [0.5, 0.6) is 0 Å². The molecule has 0 radical (unpaired) electrons. The molecule has 0 bridgehead atoms. The van der Waals surface area contributed by atoms with Crippen LogP contribution in [0.15, 0.2) is 15.7 Å². The molecule has 0 saturated heterocycles. The summed E-state index contributed by atoms with van der Waals surface area (Å²) in [7, 11) is 4.00. The topological polar surface area (TPSA) is 40.6 Å². The fraction of sp³-hybridized carbons (Fsp3) is 0.778. The summed E-state index contributed by atoms with van der Waals surface area (Å²) in [5.74, 6) is 0. The predicted octanol–water partition coefficient (Wildman–Crippen LogP) is 3.28. The average Bonchev–Trinajstić information content (AvgIpc) is 2.51. The fourth-order valence-electron chi connectivity index (χ4n) is 1.93. The van der Waals surface area contributed by atoms with Crippen molar-refractivity contribution in [2.24, 2.45) is 0 Å². The van der Waals surface area contributed by atoms with Crippen LogP contribution >= 0.6 is 0 Å². The minimum atomic E-state index is -0.366. The van der Waals surface area contributed by atoms with Gasteiger partial charge in [-0.05, 0) is 39.4 Å². The molecule has 0 heterocycles. The van der Waals surface area contributed by atoms with E-state index in [2.05, 4.69) is 32.7 Å². The normalized spacial score (nSPS) is 9.82. The molecular weight excluding hydrogens is 276 g/mol. The Labute approximate surface area is 136 Å². The lowest BCUT2D eigenvalue weighted by Crippen LogP contribution is -2.37. The number of nitrogens with zero attached hydrogens (tertiary/aromatic N) is 2. The van der Waals surface area contributed by atoms with Crippen molar-refractivity contribution in [2.75, 3.05) is 38.6 Å². The number of anilines is 1. The molecule has 0 spiro atoms. The van der Waals surface area contributed by atoms with E-state index in [1.54, 1.807) is 0 Å². The summed E-state index contributed by atoms with van der Waals surface area (Å²) in [5, 5.41) is 0. The van der Waals surface area contributed by atoms with Crippen LogP contribution in [0.1, 0.15) is 60.3 Å². The van der Waals surface area contributed by atoms with Gasteiger partial charge in [0.05, 0.1) is 5.69 Å². The van der Waals surface area contributed by atoms with Crippen molar-refractivity contribution in [3.63, 3.8) is 0 Å². The van der Waals surface area contributed by atoms with E-state index in [9.17, 15) is 9.59 Å². The standard InChI is InChI=1S/C13H22N2O2.C3H8.C2H6/c1-4-7-14(2)8-5-6-9-15(3)11-10-12(16)13(11)17;1-3-2;1-2/h10H,4-9H2,1-3H3;3H2,1-2H3;1-2H3. The van der Waals surface area contributed by atoms with Gasteiger partial charge in [-0.3, -0.25) is 9.59 Å². The summed E-state index contributed by atoms with van der Waals surface area (Å²) >= 11 is 0. The third-order valence-electron chi connectivity index (χ3n) is 3.02. The molecule has 4 nitrogen and oxygen atoms in total. The van der Waals surface area contributed by atoms with E-state index in [4.69, 9.17) is 0 Å². The zero-order chi connectivity index (χ0) is 17.5. The van der Waals surface area contributed by atoms with Gasteiger partial charge in [0.25, 0.3) is 0 Å². The molecule has 0 saturated carbocycles. The molecule has 0 fully saturated rings. The maximum atomic E-state index is 11.2. The Morgan fingerprint density at radius 3 is 1.82 bits per heavy atom. The number of hydrogen-bond donors (Lipinski definition) is 0. The summed E-state index contributed by atoms with van der Waals surface area (Å²) in [6, 6.07) is 1.42. The van der Waals surface area contributed by atoms with E-state index < -0.39 is 0 Å². The fourth-order valence-corrected chi connectivity index (χ4v) is 1.93. The second-order valence-corrected chi connectivity index (χ2v) is 5.36. The van der Waals surface area contributed by atoms with Crippen molar-refractivity contribution in [3.8, 4) is 0 Å². The van der Waals surface area contributed by atoms with Crippen molar-refractivity contribution in [3.05, 3.63) is 26.5 Å². The zero-order valence-corrected chi connectivity index (χ0v) is 15.7. The van der Waals surface area contributed by atoms with Crippen LogP contribution in [-0.4, -0.2) is 38.6 Å². The SMILES string of the molecule is CC.CCC.CCCN(C)CCCCN(C)c1cc(=O)c1=O. The minimum Gasteiger partial charge on any atom is -0.371 e. The second-order valence-electron chi connectivity index (χ2n) is 5.36. The second kappa shape index (κ2) is 14.8. The molecule has 0 amide bonds. The van der Waals surface area contributed by atoms with Crippen LogP contribution in [0.2, 0.25) is 0 Å². The van der Waals surface area contributed by atoms with Crippen molar-refractivity contribution in [1.82, 2.24) is 4.90 Å². The zero-order valence-electron chi connectivity index (χ0n) is 15.7. The van der Waals surface area contributed by atoms with Crippen molar-refractivity contribution < 1.29 is 0 Å². The van der Waals surface area contributed by atoms with Gasteiger partial charge < -0.3 is 9.80 Å². The molecule has 0 aliphatic heterocycles. The van der Waals surface area contributed by atoms with Crippen LogP contribution in [0.3, 0.4) is 0 Å². The molecule has 4 heteroatoms. The van der Waals surface area contributed by atoms with Gasteiger partial charge >= 0.3 is 0 Å². The van der Waals surface area contributed by atoms with Gasteiger partial charge in [0, 0.05) is 19.7 Å². The summed E-state index contributed by atoms with van der Waals surface area (Å²) in [4.78, 5) is 26.1. The number of rotatable bonds is 8. The van der Waals surface area contributed by atoms with Crippen molar-refractivity contribution in [2.45, 2.75) is 60.3 Å². The van der Waals surface area contributed by atoms with Crippen molar-refractivity contribution >= 4 is 5.69 Å². The highest BCUT2D eigenvalue weighted by Crippen LogP contribution is 2.05. The Morgan fingerprint density at radius 2 is 1.41 bits per heavy atom. The summed E-state index contributed by atoms with van der Waals surface area (Å²) < 4.78 is 0. The van der Waals surface area contributed by atoms with Gasteiger partial charge in [-0.2, -0.15) is 0 Å². The molecule has 1 aromatic carbocycles. The van der Waals surface area contributed by atoms with E-state index in [1.807, 2.05) is 25.8 Å². The molecule has 0 aromatic heterocycles. The molecule has 22 heavy (non-hydrogen) atoms. The van der Waals surface area contributed by atoms with Gasteiger partial charge in [0.1, 0.15) is 0 Å². The molecule has 1 aromatic rings. The van der Waals surface area contributed by atoms with Crippen LogP contribution in [0, 0.1) is 0 Å². The van der Waals surface area contributed by atoms with E-state index in [0.717, 1.165) is 32.5 Å². The maximum Gasteiger partial charge on any atom is 0.249 e. The molecule has 0 aliphatic carbocycles. The predicted molar refractivity (Wildman–Crippen MR) is 99.0 cm³/mol. The lowest BCUT2D eigenvalue weighted by Gasteiger charge is -2.20. The smallest absolute Gasteiger partial charge is 0.249 e. The Hall–Kier alpha value is -1.16. The Balaban J connectivity index is 0. The quantitative estimate of drug-likeness (QED) is 0.545. The first-order chi connectivity index (χ1) is 10.5. The van der Waals surface area contributed by atoms with Crippen LogP contribution < -0.4 is 15.8 Å². The molecule has 0 aliphatic rings. The van der Waals surface area contributed by atoms with Gasteiger partial charge in [-0.1, -0.05) is 41.0 Å². The summed E-state index contributed by atoms with van der Waals surface area (Å²) in [5.41, 5.74) is -0.137. The molecule has 130 valence electrons. The van der Waals surface area contributed by atoms with E-state index >= 15 is 0 Å². The monoisotopic (exact) mass is 312 g/mol. The first kappa shape index (κ1) is 23.1.